The first-order valence-electron chi connectivity index (χ1n) is 10.3. The smallest absolute Gasteiger partial charge is 0.320 e. The maximum Gasteiger partial charge on any atom is 0.320 e. The van der Waals surface area contributed by atoms with Gasteiger partial charge in [-0.1, -0.05) is 66.7 Å². The van der Waals surface area contributed by atoms with Crippen molar-refractivity contribution >= 4 is 46.4 Å². The predicted octanol–water partition coefficient (Wildman–Crippen LogP) is 3.24. The third-order valence-corrected chi connectivity index (χ3v) is 22.3. The van der Waals surface area contributed by atoms with E-state index < -0.39 is 46.4 Å². The summed E-state index contributed by atoms with van der Waals surface area (Å²) in [5.41, 5.74) is 0. The van der Waals surface area contributed by atoms with E-state index in [4.69, 9.17) is 20.6 Å². The third kappa shape index (κ3) is 8.19. The van der Waals surface area contributed by atoms with Crippen LogP contribution in [0.4, 0.5) is 0 Å². The van der Waals surface area contributed by atoms with Crippen molar-refractivity contribution in [3.8, 4) is 0 Å². The SMILES string of the molecule is CCC[SiH]1O[SiH2]O[SiH2]O[Si](CCC)(CCC)O[Si](CCC)(CCC)O1. The lowest BCUT2D eigenvalue weighted by atomic mass is 10.6. The third-order valence-electron chi connectivity index (χ3n) is 4.51. The van der Waals surface area contributed by atoms with Crippen molar-refractivity contribution in [3.63, 3.8) is 0 Å². The monoisotopic (exact) mass is 440 g/mol. The quantitative estimate of drug-likeness (QED) is 0.488. The van der Waals surface area contributed by atoms with Crippen molar-refractivity contribution in [2.75, 3.05) is 0 Å². The molecule has 0 radical (unpaired) electrons. The maximum atomic E-state index is 7.10. The van der Waals surface area contributed by atoms with Gasteiger partial charge in [0, 0.05) is 0 Å². The molecular weight excluding hydrogens is 401 g/mol. The summed E-state index contributed by atoms with van der Waals surface area (Å²) in [7, 11) is -8.09. The highest BCUT2D eigenvalue weighted by atomic mass is 28.5. The molecule has 1 fully saturated rings. The van der Waals surface area contributed by atoms with Gasteiger partial charge in [0.25, 0.3) is 20.0 Å². The van der Waals surface area contributed by atoms with Gasteiger partial charge in [-0.25, -0.2) is 0 Å². The van der Waals surface area contributed by atoms with Crippen LogP contribution < -0.4 is 0 Å². The Kier molecular flexibility index (Phi) is 12.6. The molecule has 0 aromatic rings. The molecule has 0 spiro atoms. The lowest BCUT2D eigenvalue weighted by molar-refractivity contribution is 0.261. The first kappa shape index (κ1) is 23.9. The summed E-state index contributed by atoms with van der Waals surface area (Å²) in [6.45, 7) is 11.2. The highest BCUT2D eigenvalue weighted by molar-refractivity contribution is 6.85. The Labute approximate surface area is 164 Å². The van der Waals surface area contributed by atoms with Crippen LogP contribution in [0.5, 0.6) is 0 Å². The number of rotatable bonds is 10. The molecule has 5 nitrogen and oxygen atoms in total. The summed E-state index contributed by atoms with van der Waals surface area (Å²) in [4.78, 5) is 0. The second-order valence-electron chi connectivity index (χ2n) is 7.01. The van der Waals surface area contributed by atoms with E-state index >= 15 is 0 Å². The van der Waals surface area contributed by atoms with E-state index in [1.54, 1.807) is 0 Å². The van der Waals surface area contributed by atoms with Crippen LogP contribution in [0.1, 0.15) is 66.7 Å². The van der Waals surface area contributed by atoms with E-state index in [0.717, 1.165) is 62.3 Å². The van der Waals surface area contributed by atoms with Gasteiger partial charge in [0.15, 0.2) is 0 Å². The Balaban J connectivity index is 3.16. The van der Waals surface area contributed by atoms with E-state index in [1.807, 2.05) is 0 Å². The Morgan fingerprint density at radius 3 is 1.80 bits per heavy atom. The van der Waals surface area contributed by atoms with Crippen LogP contribution in [0.3, 0.4) is 0 Å². The number of hydrogen-bond donors (Lipinski definition) is 0. The molecule has 0 bridgehead atoms. The standard InChI is InChI=1S/C15H40O5Si5/c1-6-11-23-17-21-16-22-18-24(12-7-2,13-8-3)20-25(19-23,14-9-4)15-10-5/h23H,6-15,21-22H2,1-5H3. The minimum absolute atomic E-state index is 0.945. The van der Waals surface area contributed by atoms with Crippen molar-refractivity contribution < 1.29 is 20.6 Å². The second-order valence-corrected chi connectivity index (χ2v) is 20.4. The molecule has 1 rings (SSSR count). The fourth-order valence-electron chi connectivity index (χ4n) is 3.59. The average molecular weight is 441 g/mol. The molecule has 0 aromatic carbocycles. The molecule has 1 atom stereocenters. The van der Waals surface area contributed by atoms with E-state index in [1.165, 1.54) is 0 Å². The zero-order valence-corrected chi connectivity index (χ0v) is 23.1. The molecule has 1 heterocycles. The van der Waals surface area contributed by atoms with Gasteiger partial charge in [0.1, 0.15) is 0 Å². The topological polar surface area (TPSA) is 46.2 Å². The summed E-state index contributed by atoms with van der Waals surface area (Å²) < 4.78 is 32.5. The van der Waals surface area contributed by atoms with E-state index in [9.17, 15) is 0 Å². The van der Waals surface area contributed by atoms with E-state index in [2.05, 4.69) is 34.6 Å². The summed E-state index contributed by atoms with van der Waals surface area (Å²) in [6.07, 6.45) is 5.59. The largest absolute Gasteiger partial charge is 0.425 e. The summed E-state index contributed by atoms with van der Waals surface area (Å²) >= 11 is 0. The van der Waals surface area contributed by atoms with E-state index in [0.29, 0.717) is 0 Å². The number of hydrogen-bond acceptors (Lipinski definition) is 5. The van der Waals surface area contributed by atoms with Gasteiger partial charge >= 0.3 is 26.4 Å². The van der Waals surface area contributed by atoms with Gasteiger partial charge in [-0.2, -0.15) is 0 Å². The fourth-order valence-corrected chi connectivity index (χ4v) is 23.5. The van der Waals surface area contributed by atoms with Crippen LogP contribution in [0.2, 0.25) is 30.2 Å². The first-order chi connectivity index (χ1) is 12.1. The fraction of sp³-hybridized carbons (Fsp3) is 1.00. The molecule has 0 amide bonds. The van der Waals surface area contributed by atoms with Crippen LogP contribution in [-0.4, -0.2) is 46.4 Å². The summed E-state index contributed by atoms with van der Waals surface area (Å²) in [6, 6.07) is 5.37. The van der Waals surface area contributed by atoms with Crippen molar-refractivity contribution in [1.82, 2.24) is 0 Å². The minimum Gasteiger partial charge on any atom is -0.425 e. The molecule has 0 aliphatic carbocycles. The highest BCUT2D eigenvalue weighted by Gasteiger charge is 2.48. The van der Waals surface area contributed by atoms with Crippen LogP contribution in [-0.2, 0) is 20.6 Å². The Hall–Kier alpha value is 0.884. The molecule has 0 saturated carbocycles. The summed E-state index contributed by atoms with van der Waals surface area (Å²) in [5.74, 6) is 0. The van der Waals surface area contributed by atoms with Crippen LogP contribution in [0.25, 0.3) is 0 Å². The Bertz CT molecular complexity index is 338. The molecule has 25 heavy (non-hydrogen) atoms. The van der Waals surface area contributed by atoms with Gasteiger partial charge in [-0.05, 0) is 30.2 Å². The molecule has 1 aliphatic rings. The Morgan fingerprint density at radius 2 is 1.28 bits per heavy atom. The second kappa shape index (κ2) is 13.1. The summed E-state index contributed by atoms with van der Waals surface area (Å²) in [5, 5.41) is 0. The van der Waals surface area contributed by atoms with Gasteiger partial charge in [0.05, 0.1) is 0 Å². The zero-order valence-electron chi connectivity index (χ0n) is 17.1. The van der Waals surface area contributed by atoms with Gasteiger partial charge in [-0.15, -0.1) is 0 Å². The van der Waals surface area contributed by atoms with Crippen LogP contribution >= 0.6 is 0 Å². The van der Waals surface area contributed by atoms with Crippen molar-refractivity contribution in [2.45, 2.75) is 96.9 Å². The van der Waals surface area contributed by atoms with Gasteiger partial charge in [0.2, 0.25) is 0 Å². The molecule has 1 unspecified atom stereocenters. The van der Waals surface area contributed by atoms with Crippen molar-refractivity contribution in [1.29, 1.82) is 0 Å². The predicted molar refractivity (Wildman–Crippen MR) is 117 cm³/mol. The molecule has 0 aromatic heterocycles. The normalized spacial score (nSPS) is 26.0. The first-order valence-corrected chi connectivity index (χ1v) is 18.8. The molecule has 10 heteroatoms. The molecule has 1 saturated heterocycles. The Morgan fingerprint density at radius 1 is 0.720 bits per heavy atom. The maximum absolute atomic E-state index is 7.10. The highest BCUT2D eigenvalue weighted by Crippen LogP contribution is 2.34. The zero-order chi connectivity index (χ0) is 18.6. The van der Waals surface area contributed by atoms with Crippen LogP contribution in [0.15, 0.2) is 0 Å². The van der Waals surface area contributed by atoms with Gasteiger partial charge in [-0.3, -0.25) is 0 Å². The average Bonchev–Trinajstić information content (AvgIpc) is 2.55. The van der Waals surface area contributed by atoms with Crippen molar-refractivity contribution in [3.05, 3.63) is 0 Å². The van der Waals surface area contributed by atoms with Gasteiger partial charge < -0.3 is 20.6 Å². The lowest BCUT2D eigenvalue weighted by Gasteiger charge is -2.43. The molecule has 150 valence electrons. The van der Waals surface area contributed by atoms with Crippen LogP contribution in [0, 0.1) is 0 Å². The minimum atomic E-state index is -2.27. The molecular formula is C15H40O5Si5. The van der Waals surface area contributed by atoms with E-state index in [-0.39, 0.29) is 0 Å². The van der Waals surface area contributed by atoms with Crippen molar-refractivity contribution in [2.24, 2.45) is 0 Å². The lowest BCUT2D eigenvalue weighted by Crippen LogP contribution is -2.58. The molecule has 1 aliphatic heterocycles. The molecule has 0 N–H and O–H groups in total.